The van der Waals surface area contributed by atoms with Crippen molar-refractivity contribution in [1.82, 2.24) is 4.98 Å². The van der Waals surface area contributed by atoms with Gasteiger partial charge in [-0.15, -0.1) is 0 Å². The van der Waals surface area contributed by atoms with Crippen molar-refractivity contribution in [3.8, 4) is 23.0 Å². The lowest BCUT2D eigenvalue weighted by molar-refractivity contribution is -0.119. The first-order chi connectivity index (χ1) is 17.8. The topological polar surface area (TPSA) is 197 Å². The number of hydrogen-bond acceptors (Lipinski definition) is 8. The summed E-state index contributed by atoms with van der Waals surface area (Å²) in [5.74, 6) is -6.36. The van der Waals surface area contributed by atoms with E-state index in [1.165, 1.54) is 6.92 Å². The molecule has 12 nitrogen and oxygen atoms in total. The molecule has 0 bridgehead atoms. The first kappa shape index (κ1) is 27.6. The summed E-state index contributed by atoms with van der Waals surface area (Å²) >= 11 is 0. The number of aromatic hydroxyl groups is 1. The summed E-state index contributed by atoms with van der Waals surface area (Å²) in [5, 5.41) is 10.0. The van der Waals surface area contributed by atoms with Crippen LogP contribution >= 0.6 is 0 Å². The van der Waals surface area contributed by atoms with Crippen LogP contribution in [0.25, 0.3) is 11.5 Å². The van der Waals surface area contributed by atoms with E-state index in [-0.39, 0.29) is 5.56 Å². The number of rotatable bonds is 9. The molecule has 2 aromatic carbocycles. The number of anilines is 1. The van der Waals surface area contributed by atoms with Gasteiger partial charge in [0.15, 0.2) is 29.2 Å². The fourth-order valence-electron chi connectivity index (χ4n) is 3.46. The van der Waals surface area contributed by atoms with Gasteiger partial charge in [-0.25, -0.2) is 18.4 Å². The molecule has 4 amide bonds. The van der Waals surface area contributed by atoms with Crippen molar-refractivity contribution in [3.63, 3.8) is 0 Å². The van der Waals surface area contributed by atoms with Crippen LogP contribution in [0.2, 0.25) is 0 Å². The van der Waals surface area contributed by atoms with Crippen molar-refractivity contribution in [3.05, 3.63) is 59.4 Å². The quantitative estimate of drug-likeness (QED) is 0.296. The lowest BCUT2D eigenvalue weighted by atomic mass is 10.0. The number of benzene rings is 2. The first-order valence-electron chi connectivity index (χ1n) is 10.4. The molecule has 3 aromatic rings. The van der Waals surface area contributed by atoms with Crippen molar-refractivity contribution in [2.24, 2.45) is 17.2 Å². The van der Waals surface area contributed by atoms with Gasteiger partial charge in [-0.05, 0) is 31.2 Å². The highest BCUT2D eigenvalue weighted by Gasteiger charge is 2.38. The summed E-state index contributed by atoms with van der Waals surface area (Å²) in [6.07, 6.45) is -2.68. The number of primary amides is 3. The van der Waals surface area contributed by atoms with Crippen LogP contribution in [0.1, 0.15) is 30.4 Å². The first-order valence-corrected chi connectivity index (χ1v) is 10.4. The Labute approximate surface area is 210 Å². The SMILES string of the molecule is C[C@H](OC(N)=O)c1oc(-c2ccc(OC(F)F)c(O)c2)nc1N(C(N)=O)C(C(N)=O)c1ccc(F)cc1F. The average molecular weight is 541 g/mol. The van der Waals surface area contributed by atoms with Gasteiger partial charge in [-0.1, -0.05) is 6.07 Å². The van der Waals surface area contributed by atoms with Gasteiger partial charge in [0.25, 0.3) is 0 Å². The Kier molecular flexibility index (Phi) is 7.93. The van der Waals surface area contributed by atoms with Crippen molar-refractivity contribution in [1.29, 1.82) is 0 Å². The Balaban J connectivity index is 2.22. The highest BCUT2D eigenvalue weighted by Crippen LogP contribution is 2.39. The van der Waals surface area contributed by atoms with Crippen LogP contribution in [0.3, 0.4) is 0 Å². The molecule has 1 unspecified atom stereocenters. The molecule has 0 saturated carbocycles. The molecule has 1 aromatic heterocycles. The summed E-state index contributed by atoms with van der Waals surface area (Å²) in [4.78, 5) is 40.8. The molecule has 0 aliphatic rings. The van der Waals surface area contributed by atoms with Gasteiger partial charge in [0.2, 0.25) is 11.8 Å². The van der Waals surface area contributed by atoms with Crippen LogP contribution in [0, 0.1) is 11.6 Å². The third-order valence-electron chi connectivity index (χ3n) is 4.97. The maximum absolute atomic E-state index is 14.6. The highest BCUT2D eigenvalue weighted by atomic mass is 19.3. The van der Waals surface area contributed by atoms with Crippen molar-refractivity contribution < 1.29 is 50.9 Å². The number of amides is 4. The molecule has 38 heavy (non-hydrogen) atoms. The molecule has 2 atom stereocenters. The number of hydrogen-bond donors (Lipinski definition) is 4. The van der Waals surface area contributed by atoms with E-state index in [1.807, 2.05) is 0 Å². The molecule has 7 N–H and O–H groups in total. The molecule has 202 valence electrons. The van der Waals surface area contributed by atoms with Crippen LogP contribution in [-0.4, -0.2) is 34.7 Å². The zero-order chi connectivity index (χ0) is 28.3. The smallest absolute Gasteiger partial charge is 0.405 e. The zero-order valence-electron chi connectivity index (χ0n) is 19.2. The number of alkyl halides is 2. The molecule has 0 spiro atoms. The molecule has 1 heterocycles. The van der Waals surface area contributed by atoms with Gasteiger partial charge in [-0.3, -0.25) is 9.69 Å². The lowest BCUT2D eigenvalue weighted by Crippen LogP contribution is -2.45. The maximum Gasteiger partial charge on any atom is 0.405 e. The second-order valence-electron chi connectivity index (χ2n) is 7.53. The third kappa shape index (κ3) is 5.85. The van der Waals surface area contributed by atoms with Crippen LogP contribution in [0.15, 0.2) is 40.8 Å². The molecule has 3 rings (SSSR count). The largest absolute Gasteiger partial charge is 0.504 e. The number of phenols is 1. The summed E-state index contributed by atoms with van der Waals surface area (Å²) in [6, 6.07) is 1.67. The summed E-state index contributed by atoms with van der Waals surface area (Å²) in [7, 11) is 0. The lowest BCUT2D eigenvalue weighted by Gasteiger charge is -2.27. The van der Waals surface area contributed by atoms with Gasteiger partial charge in [0.1, 0.15) is 17.7 Å². The summed E-state index contributed by atoms with van der Waals surface area (Å²) < 4.78 is 67.8. The zero-order valence-corrected chi connectivity index (χ0v) is 19.2. The summed E-state index contributed by atoms with van der Waals surface area (Å²) in [5.41, 5.74) is 15.3. The number of ether oxygens (including phenoxy) is 2. The van der Waals surface area contributed by atoms with Crippen LogP contribution in [0.4, 0.5) is 33.0 Å². The van der Waals surface area contributed by atoms with Crippen LogP contribution in [-0.2, 0) is 9.53 Å². The second-order valence-corrected chi connectivity index (χ2v) is 7.53. The number of oxazole rings is 1. The standard InChI is InChI=1S/C22H19F4N5O7/c1-8(36-22(29)35)16-18(30-19(38-16)9-2-5-14(13(32)6-9)37-20(25)26)31(21(28)34)15(17(27)33)11-4-3-10(23)7-12(11)24/h2-8,15,20,32H,1H3,(H2,27,33)(H2,28,34)(H2,29,35)/t8-,15?/m0/s1. The van der Waals surface area contributed by atoms with Gasteiger partial charge >= 0.3 is 18.7 Å². The molecule has 0 aliphatic carbocycles. The molecule has 16 heteroatoms. The maximum atomic E-state index is 14.6. The molecule has 0 aliphatic heterocycles. The molecular formula is C22H19F4N5O7. The second kappa shape index (κ2) is 10.9. The highest BCUT2D eigenvalue weighted by molar-refractivity contribution is 5.99. The minimum absolute atomic E-state index is 0.0732. The number of urea groups is 1. The third-order valence-corrected chi connectivity index (χ3v) is 4.97. The summed E-state index contributed by atoms with van der Waals surface area (Å²) in [6.45, 7) is -2.01. The van der Waals surface area contributed by atoms with Crippen LogP contribution < -0.4 is 26.8 Å². The minimum Gasteiger partial charge on any atom is -0.504 e. The van der Waals surface area contributed by atoms with E-state index in [4.69, 9.17) is 26.4 Å². The Morgan fingerprint density at radius 3 is 2.29 bits per heavy atom. The van der Waals surface area contributed by atoms with E-state index in [9.17, 15) is 37.1 Å². The monoisotopic (exact) mass is 541 g/mol. The number of phenolic OH excluding ortho intramolecular Hbond substituents is 1. The van der Waals surface area contributed by atoms with E-state index in [0.717, 1.165) is 30.3 Å². The van der Waals surface area contributed by atoms with Crippen molar-refractivity contribution in [2.45, 2.75) is 25.7 Å². The Hall–Kier alpha value is -5.02. The molecule has 0 saturated heterocycles. The normalized spacial score (nSPS) is 12.6. The van der Waals surface area contributed by atoms with Gasteiger partial charge in [0, 0.05) is 17.2 Å². The van der Waals surface area contributed by atoms with Crippen molar-refractivity contribution in [2.75, 3.05) is 4.90 Å². The Bertz CT molecular complexity index is 1380. The number of carbonyl (C=O) groups is 3. The number of aromatic nitrogens is 1. The Morgan fingerprint density at radius 1 is 1.08 bits per heavy atom. The van der Waals surface area contributed by atoms with E-state index >= 15 is 0 Å². The van der Waals surface area contributed by atoms with E-state index in [0.29, 0.717) is 11.0 Å². The minimum atomic E-state index is -3.24. The predicted octanol–water partition coefficient (Wildman–Crippen LogP) is 3.19. The molecule has 0 radical (unpaired) electrons. The number of nitrogens with zero attached hydrogens (tertiary/aromatic N) is 2. The van der Waals surface area contributed by atoms with Crippen molar-refractivity contribution >= 4 is 23.8 Å². The fourth-order valence-corrected chi connectivity index (χ4v) is 3.46. The Morgan fingerprint density at radius 2 is 1.76 bits per heavy atom. The average Bonchev–Trinajstić information content (AvgIpc) is 3.23. The van der Waals surface area contributed by atoms with Gasteiger partial charge in [-0.2, -0.15) is 13.8 Å². The van der Waals surface area contributed by atoms with Crippen LogP contribution in [0.5, 0.6) is 11.5 Å². The molecule has 0 fully saturated rings. The fraction of sp³-hybridized carbons (Fsp3) is 0.182. The van der Waals surface area contributed by atoms with E-state index in [2.05, 4.69) is 9.72 Å². The van der Waals surface area contributed by atoms with E-state index in [1.54, 1.807) is 0 Å². The molecular weight excluding hydrogens is 522 g/mol. The van der Waals surface area contributed by atoms with Gasteiger partial charge in [0.05, 0.1) is 0 Å². The number of carbonyl (C=O) groups excluding carboxylic acids is 3. The number of halogens is 4. The number of nitrogens with two attached hydrogens (primary N) is 3. The van der Waals surface area contributed by atoms with Gasteiger partial charge < -0.3 is 36.2 Å². The predicted molar refractivity (Wildman–Crippen MR) is 120 cm³/mol. The van der Waals surface area contributed by atoms with E-state index < -0.39 is 83.0 Å².